The van der Waals surface area contributed by atoms with Crippen molar-refractivity contribution in [1.29, 1.82) is 0 Å². The van der Waals surface area contributed by atoms with E-state index in [2.05, 4.69) is 15.0 Å². The van der Waals surface area contributed by atoms with Crippen molar-refractivity contribution in [2.45, 2.75) is 76.7 Å². The van der Waals surface area contributed by atoms with Crippen LogP contribution >= 0.6 is 0 Å². The van der Waals surface area contributed by atoms with Gasteiger partial charge in [0, 0.05) is 46.9 Å². The van der Waals surface area contributed by atoms with E-state index in [4.69, 9.17) is 15.2 Å². The number of alkyl halides is 1. The first-order valence-electron chi connectivity index (χ1n) is 16.7. The van der Waals surface area contributed by atoms with E-state index in [0.29, 0.717) is 48.8 Å². The summed E-state index contributed by atoms with van der Waals surface area (Å²) in [5.41, 5.74) is 8.47. The fourth-order valence-electron chi connectivity index (χ4n) is 6.95. The van der Waals surface area contributed by atoms with E-state index in [9.17, 15) is 23.6 Å². The number of nitrogens with one attached hydrogen (secondary N) is 2. The largest absolute Gasteiger partial charge is 0.511 e. The molecule has 2 heterocycles. The van der Waals surface area contributed by atoms with Crippen molar-refractivity contribution in [2.75, 3.05) is 25.6 Å². The minimum Gasteiger partial charge on any atom is -0.438 e. The maximum absolute atomic E-state index is 14.1. The van der Waals surface area contributed by atoms with Gasteiger partial charge in [-0.05, 0) is 74.3 Å². The Kier molecular flexibility index (Phi) is 11.4. The third-order valence-electron chi connectivity index (χ3n) is 9.60. The van der Waals surface area contributed by atoms with Crippen molar-refractivity contribution in [3.8, 4) is 0 Å². The molecule has 3 aromatic rings. The number of carbonyl (C=O) groups excluding carboxylic acids is 4. The molecule has 4 N–H and O–H groups in total. The molecule has 2 amide bonds. The number of carbonyl (C=O) groups is 4. The summed E-state index contributed by atoms with van der Waals surface area (Å²) in [6, 6.07) is 15.7. The molecule has 12 heteroatoms. The zero-order valence-electron chi connectivity index (χ0n) is 27.7. The molecule has 0 bridgehead atoms. The fraction of sp³-hybridized carbons (Fsp3) is 0.500. The summed E-state index contributed by atoms with van der Waals surface area (Å²) >= 11 is 0. The van der Waals surface area contributed by atoms with Crippen molar-refractivity contribution < 1.29 is 37.8 Å². The number of hydrogen-bond acceptors (Lipinski definition) is 8. The second kappa shape index (κ2) is 15.6. The van der Waals surface area contributed by atoms with E-state index < -0.39 is 31.1 Å². The van der Waals surface area contributed by atoms with E-state index in [-0.39, 0.29) is 47.2 Å². The number of H-pyrrole nitrogens is 1. The maximum Gasteiger partial charge on any atom is 0.511 e. The second-order valence-electron chi connectivity index (χ2n) is 13.1. The molecule has 1 aromatic heterocycles. The number of amides is 2. The summed E-state index contributed by atoms with van der Waals surface area (Å²) < 4.78 is 27.8. The van der Waals surface area contributed by atoms with Gasteiger partial charge in [0.15, 0.2) is 0 Å². The molecule has 4 atom stereocenters. The van der Waals surface area contributed by atoms with E-state index in [1.807, 2.05) is 30.3 Å². The molecule has 2 fully saturated rings. The third-order valence-corrected chi connectivity index (χ3v) is 9.60. The quantitative estimate of drug-likeness (QED) is 0.169. The molecule has 1 saturated carbocycles. The predicted molar refractivity (Wildman–Crippen MR) is 178 cm³/mol. The van der Waals surface area contributed by atoms with Gasteiger partial charge in [-0.25, -0.2) is 9.59 Å². The number of anilines is 1. The van der Waals surface area contributed by atoms with Crippen molar-refractivity contribution >= 4 is 40.5 Å². The van der Waals surface area contributed by atoms with Crippen LogP contribution < -0.4 is 11.1 Å². The van der Waals surface area contributed by atoms with Gasteiger partial charge in [0.25, 0.3) is 6.29 Å². The van der Waals surface area contributed by atoms with Gasteiger partial charge < -0.3 is 35.1 Å². The number of methoxy groups -OCH3 is 1. The second-order valence-corrected chi connectivity index (χ2v) is 13.1. The third kappa shape index (κ3) is 7.98. The van der Waals surface area contributed by atoms with Crippen molar-refractivity contribution in [1.82, 2.24) is 9.88 Å². The summed E-state index contributed by atoms with van der Waals surface area (Å²) in [5.74, 6) is -1.52. The van der Waals surface area contributed by atoms with Crippen molar-refractivity contribution in [3.63, 3.8) is 0 Å². The lowest BCUT2D eigenvalue weighted by Crippen LogP contribution is -2.48. The van der Waals surface area contributed by atoms with Gasteiger partial charge in [0.2, 0.25) is 11.8 Å². The number of nitrogens with zero attached hydrogens (tertiary/aromatic N) is 1. The molecule has 1 aliphatic carbocycles. The summed E-state index contributed by atoms with van der Waals surface area (Å²) in [6.07, 6.45) is 1.77. The van der Waals surface area contributed by atoms with E-state index in [1.54, 1.807) is 43.0 Å². The van der Waals surface area contributed by atoms with E-state index in [0.717, 1.165) is 18.4 Å². The minimum atomic E-state index is -1.14. The Bertz CT molecular complexity index is 1590. The molecule has 5 rings (SSSR count). The van der Waals surface area contributed by atoms with Crippen LogP contribution in [0.5, 0.6) is 0 Å². The summed E-state index contributed by atoms with van der Waals surface area (Å²) in [6.45, 7) is 3.50. The van der Waals surface area contributed by atoms with Crippen molar-refractivity contribution in [3.05, 3.63) is 65.9 Å². The molecule has 1 saturated heterocycles. The smallest absolute Gasteiger partial charge is 0.438 e. The molecule has 48 heavy (non-hydrogen) atoms. The highest BCUT2D eigenvalue weighted by molar-refractivity contribution is 6.01. The van der Waals surface area contributed by atoms with Crippen LogP contribution in [-0.4, -0.2) is 72.5 Å². The monoisotopic (exact) mass is 664 g/mol. The van der Waals surface area contributed by atoms with Crippen LogP contribution in [0.4, 0.5) is 14.9 Å². The first-order chi connectivity index (χ1) is 23.1. The topological polar surface area (TPSA) is 153 Å². The number of benzene rings is 2. The lowest BCUT2D eigenvalue weighted by molar-refractivity contribution is -0.141. The molecule has 0 spiro atoms. The summed E-state index contributed by atoms with van der Waals surface area (Å²) in [5, 5.41) is 3.68. The number of fused-ring (bicyclic) bond motifs is 1. The highest BCUT2D eigenvalue weighted by atomic mass is 19.1. The van der Waals surface area contributed by atoms with Gasteiger partial charge in [0.05, 0.1) is 13.8 Å². The molecular weight excluding hydrogens is 619 g/mol. The molecule has 258 valence electrons. The number of ether oxygens (including phenoxy) is 3. The Morgan fingerprint density at radius 2 is 1.73 bits per heavy atom. The highest BCUT2D eigenvalue weighted by Crippen LogP contribution is 2.38. The van der Waals surface area contributed by atoms with Crippen LogP contribution in [0.1, 0.15) is 74.3 Å². The van der Waals surface area contributed by atoms with E-state index in [1.165, 1.54) is 7.11 Å². The van der Waals surface area contributed by atoms with Crippen LogP contribution in [0.15, 0.2) is 54.6 Å². The van der Waals surface area contributed by atoms with Gasteiger partial charge in [-0.2, -0.15) is 0 Å². The van der Waals surface area contributed by atoms with Crippen LogP contribution in [0.2, 0.25) is 0 Å². The fourth-order valence-corrected chi connectivity index (χ4v) is 6.95. The Balaban J connectivity index is 1.31. The number of hydrogen-bond donors (Lipinski definition) is 3. The van der Waals surface area contributed by atoms with Crippen LogP contribution in [0.25, 0.3) is 10.9 Å². The first kappa shape index (κ1) is 34.9. The minimum absolute atomic E-state index is 0.0220. The van der Waals surface area contributed by atoms with Gasteiger partial charge >= 0.3 is 12.1 Å². The summed E-state index contributed by atoms with van der Waals surface area (Å²) in [4.78, 5) is 57.3. The maximum atomic E-state index is 14.1. The number of nitrogens with two attached hydrogens (primary N) is 1. The van der Waals surface area contributed by atoms with Crippen molar-refractivity contribution in [2.24, 2.45) is 23.5 Å². The van der Waals surface area contributed by atoms with Gasteiger partial charge in [0.1, 0.15) is 11.7 Å². The van der Waals surface area contributed by atoms with Crippen LogP contribution in [0.3, 0.4) is 0 Å². The SMILES string of the molecule is COC(=O)OC(OC(=O)c1cc2cc(NC(=O)[C@@H]3[C@@H](c4ccccc4)CCN3C(=O)C3CCC([C@H](N)CCF)CC3)ccc2[nH]1)C(C)C. The molecule has 2 aromatic carbocycles. The average Bonchev–Trinajstić information content (AvgIpc) is 3.73. The Hall–Kier alpha value is -4.45. The standard InChI is InChI=1S/C36H45FN4O7/c1-21(2)35(48-36(45)46-3)47-34(44)30-20-25-19-26(13-14-29(25)40-30)39-32(42)31-27(22-7-5-4-6-8-22)16-18-41(31)33(43)24-11-9-23(10-12-24)28(38)15-17-37/h4-8,13-14,19-21,23-24,27-28,31,35,40H,9-12,15-18,38H2,1-3H3,(H,39,42)/t23?,24?,27-,28-,31+,35?/m1/s1. The van der Waals surface area contributed by atoms with Crippen LogP contribution in [-0.2, 0) is 23.8 Å². The number of aromatic amines is 1. The zero-order valence-corrected chi connectivity index (χ0v) is 27.7. The molecular formula is C36H45FN4O7. The molecule has 0 radical (unpaired) electrons. The first-order valence-corrected chi connectivity index (χ1v) is 16.7. The molecule has 11 nitrogen and oxygen atoms in total. The summed E-state index contributed by atoms with van der Waals surface area (Å²) in [7, 11) is 1.17. The number of halogens is 1. The Morgan fingerprint density at radius 3 is 2.40 bits per heavy atom. The number of aromatic nitrogens is 1. The molecule has 1 aliphatic heterocycles. The Labute approximate surface area is 279 Å². The molecule has 2 aliphatic rings. The lowest BCUT2D eigenvalue weighted by Gasteiger charge is -2.35. The predicted octanol–water partition coefficient (Wildman–Crippen LogP) is 5.91. The van der Waals surface area contributed by atoms with Gasteiger partial charge in [-0.3, -0.25) is 14.0 Å². The highest BCUT2D eigenvalue weighted by Gasteiger charge is 2.45. The number of likely N-dealkylation sites (tertiary alicyclic amines) is 1. The van der Waals surface area contributed by atoms with Crippen LogP contribution in [0, 0.1) is 17.8 Å². The average molecular weight is 665 g/mol. The number of esters is 1. The Morgan fingerprint density at radius 1 is 1.00 bits per heavy atom. The van der Waals surface area contributed by atoms with Gasteiger partial charge in [-0.15, -0.1) is 0 Å². The zero-order chi connectivity index (χ0) is 34.4. The lowest BCUT2D eigenvalue weighted by atomic mass is 9.77. The van der Waals surface area contributed by atoms with Gasteiger partial charge in [-0.1, -0.05) is 44.2 Å². The van der Waals surface area contributed by atoms with E-state index >= 15 is 0 Å². The number of rotatable bonds is 11. The molecule has 1 unspecified atom stereocenters. The normalized spacial score (nSPS) is 22.2.